The van der Waals surface area contributed by atoms with Gasteiger partial charge in [0.25, 0.3) is 0 Å². The number of hydrogen-bond donors (Lipinski definition) is 0. The Bertz CT molecular complexity index is 625. The van der Waals surface area contributed by atoms with Gasteiger partial charge in [0, 0.05) is 19.7 Å². The van der Waals surface area contributed by atoms with Crippen molar-refractivity contribution in [1.29, 1.82) is 5.26 Å². The van der Waals surface area contributed by atoms with Gasteiger partial charge in [-0.2, -0.15) is 15.3 Å². The van der Waals surface area contributed by atoms with Gasteiger partial charge in [-0.1, -0.05) is 5.16 Å². The fourth-order valence-corrected chi connectivity index (χ4v) is 2.61. The van der Waals surface area contributed by atoms with Gasteiger partial charge >= 0.3 is 0 Å². The molecule has 20 heavy (non-hydrogen) atoms. The molecule has 2 aromatic rings. The first-order chi connectivity index (χ1) is 9.76. The van der Waals surface area contributed by atoms with E-state index in [1.807, 2.05) is 6.92 Å². The summed E-state index contributed by atoms with van der Waals surface area (Å²) in [5, 5.41) is 17.0. The zero-order chi connectivity index (χ0) is 13.9. The van der Waals surface area contributed by atoms with Crippen LogP contribution in [0.15, 0.2) is 16.9 Å². The molecule has 1 aliphatic rings. The van der Waals surface area contributed by atoms with Crippen LogP contribution in [0.2, 0.25) is 0 Å². The molecule has 0 aliphatic carbocycles. The Morgan fingerprint density at radius 2 is 2.40 bits per heavy atom. The third kappa shape index (κ3) is 2.56. The quantitative estimate of drug-likeness (QED) is 0.833. The molecular formula is C13H16N6O. The minimum Gasteiger partial charge on any atom is -0.340 e. The molecule has 0 aromatic carbocycles. The molecule has 0 N–H and O–H groups in total. The smallest absolute Gasteiger partial charge is 0.223 e. The second-order valence-corrected chi connectivity index (χ2v) is 4.97. The molecule has 1 aliphatic heterocycles. The second-order valence-electron chi connectivity index (χ2n) is 4.97. The van der Waals surface area contributed by atoms with Crippen LogP contribution in [-0.2, 0) is 6.54 Å². The number of nitriles is 1. The highest BCUT2D eigenvalue weighted by Gasteiger charge is 2.29. The summed E-state index contributed by atoms with van der Waals surface area (Å²) in [6.45, 7) is 4.47. The van der Waals surface area contributed by atoms with E-state index in [4.69, 9.17) is 9.78 Å². The third-order valence-corrected chi connectivity index (χ3v) is 3.58. The van der Waals surface area contributed by atoms with Crippen LogP contribution in [-0.4, -0.2) is 37.9 Å². The average molecular weight is 272 g/mol. The summed E-state index contributed by atoms with van der Waals surface area (Å²) in [5.74, 6) is 1.38. The first kappa shape index (κ1) is 12.8. The molecule has 1 fully saturated rings. The highest BCUT2D eigenvalue weighted by atomic mass is 16.5. The molecule has 0 unspecified atom stereocenters. The molecule has 1 saturated heterocycles. The predicted octanol–water partition coefficient (Wildman–Crippen LogP) is 1.28. The lowest BCUT2D eigenvalue weighted by atomic mass is 10.2. The Labute approximate surface area is 116 Å². The minimum atomic E-state index is 0.235. The summed E-state index contributed by atoms with van der Waals surface area (Å²) in [6, 6.07) is 2.32. The molecule has 0 radical (unpaired) electrons. The SMILES string of the molecule is Cc1nc([C@H]2CCCN2CCn2cc(C#N)cn2)no1. The number of aromatic nitrogens is 4. The Hall–Kier alpha value is -2.20. The van der Waals surface area contributed by atoms with Crippen molar-refractivity contribution >= 4 is 0 Å². The normalized spacial score (nSPS) is 19.3. The minimum absolute atomic E-state index is 0.235. The Kier molecular flexibility index (Phi) is 3.48. The highest BCUT2D eigenvalue weighted by molar-refractivity contribution is 5.21. The standard InChI is InChI=1S/C13H16N6O/c1-10-16-13(17-20-10)12-3-2-4-18(12)5-6-19-9-11(7-14)8-15-19/h8-9,12H,2-6H2,1H3/t12-/m1/s1. The third-order valence-electron chi connectivity index (χ3n) is 3.58. The fraction of sp³-hybridized carbons (Fsp3) is 0.538. The van der Waals surface area contributed by atoms with E-state index in [1.54, 1.807) is 17.1 Å². The van der Waals surface area contributed by atoms with Gasteiger partial charge in [0.2, 0.25) is 5.89 Å². The lowest BCUT2D eigenvalue weighted by molar-refractivity contribution is 0.230. The van der Waals surface area contributed by atoms with E-state index in [0.717, 1.165) is 38.3 Å². The van der Waals surface area contributed by atoms with Crippen molar-refractivity contribution in [3.63, 3.8) is 0 Å². The molecule has 0 saturated carbocycles. The van der Waals surface area contributed by atoms with Crippen molar-refractivity contribution in [2.24, 2.45) is 0 Å². The maximum atomic E-state index is 8.78. The Morgan fingerprint density at radius 1 is 1.50 bits per heavy atom. The van der Waals surface area contributed by atoms with Crippen LogP contribution < -0.4 is 0 Å². The molecule has 7 nitrogen and oxygen atoms in total. The first-order valence-electron chi connectivity index (χ1n) is 6.73. The summed E-state index contributed by atoms with van der Waals surface area (Å²) < 4.78 is 6.87. The van der Waals surface area contributed by atoms with Crippen molar-refractivity contribution in [3.05, 3.63) is 29.7 Å². The van der Waals surface area contributed by atoms with Gasteiger partial charge in [-0.25, -0.2) is 0 Å². The second kappa shape index (κ2) is 5.43. The number of hydrogen-bond acceptors (Lipinski definition) is 6. The highest BCUT2D eigenvalue weighted by Crippen LogP contribution is 2.29. The molecule has 0 bridgehead atoms. The molecule has 1 atom stereocenters. The van der Waals surface area contributed by atoms with Crippen LogP contribution >= 0.6 is 0 Å². The summed E-state index contributed by atoms with van der Waals surface area (Å²) in [6.07, 6.45) is 5.55. The number of rotatable bonds is 4. The molecule has 2 aromatic heterocycles. The predicted molar refractivity (Wildman–Crippen MR) is 69.5 cm³/mol. The van der Waals surface area contributed by atoms with E-state index in [2.05, 4.69) is 26.2 Å². The van der Waals surface area contributed by atoms with Gasteiger partial charge < -0.3 is 4.52 Å². The van der Waals surface area contributed by atoms with E-state index in [1.165, 1.54) is 0 Å². The van der Waals surface area contributed by atoms with E-state index in [-0.39, 0.29) is 6.04 Å². The van der Waals surface area contributed by atoms with Crippen molar-refractivity contribution in [2.75, 3.05) is 13.1 Å². The summed E-state index contributed by atoms with van der Waals surface area (Å²) in [4.78, 5) is 6.68. The fourth-order valence-electron chi connectivity index (χ4n) is 2.61. The average Bonchev–Trinajstić information content (AvgIpc) is 3.16. The van der Waals surface area contributed by atoms with Crippen LogP contribution in [0.3, 0.4) is 0 Å². The van der Waals surface area contributed by atoms with Gasteiger partial charge in [-0.15, -0.1) is 0 Å². The lowest BCUT2D eigenvalue weighted by Crippen LogP contribution is -2.28. The maximum absolute atomic E-state index is 8.78. The van der Waals surface area contributed by atoms with Crippen molar-refractivity contribution in [1.82, 2.24) is 24.8 Å². The summed E-state index contributed by atoms with van der Waals surface area (Å²) in [5.41, 5.74) is 0.594. The van der Waals surface area contributed by atoms with Crippen LogP contribution in [0.5, 0.6) is 0 Å². The molecule has 104 valence electrons. The molecular weight excluding hydrogens is 256 g/mol. The van der Waals surface area contributed by atoms with E-state index >= 15 is 0 Å². The van der Waals surface area contributed by atoms with Crippen LogP contribution in [0.1, 0.15) is 36.2 Å². The van der Waals surface area contributed by atoms with Crippen molar-refractivity contribution < 1.29 is 4.52 Å². The number of likely N-dealkylation sites (tertiary alicyclic amines) is 1. The zero-order valence-corrected chi connectivity index (χ0v) is 11.4. The van der Waals surface area contributed by atoms with Crippen LogP contribution in [0.4, 0.5) is 0 Å². The molecule has 3 rings (SSSR count). The zero-order valence-electron chi connectivity index (χ0n) is 11.4. The van der Waals surface area contributed by atoms with Crippen molar-refractivity contribution in [2.45, 2.75) is 32.4 Å². The maximum Gasteiger partial charge on any atom is 0.223 e. The topological polar surface area (TPSA) is 83.8 Å². The molecule has 7 heteroatoms. The van der Waals surface area contributed by atoms with Gasteiger partial charge in [-0.3, -0.25) is 9.58 Å². The molecule has 0 spiro atoms. The first-order valence-corrected chi connectivity index (χ1v) is 6.73. The van der Waals surface area contributed by atoms with E-state index in [9.17, 15) is 0 Å². The van der Waals surface area contributed by atoms with E-state index in [0.29, 0.717) is 11.5 Å². The van der Waals surface area contributed by atoms with Crippen molar-refractivity contribution in [3.8, 4) is 6.07 Å². The van der Waals surface area contributed by atoms with E-state index < -0.39 is 0 Å². The van der Waals surface area contributed by atoms with Crippen LogP contribution in [0.25, 0.3) is 0 Å². The number of aryl methyl sites for hydroxylation is 1. The Balaban J connectivity index is 1.63. The largest absolute Gasteiger partial charge is 0.340 e. The van der Waals surface area contributed by atoms with Crippen LogP contribution in [0, 0.1) is 18.3 Å². The lowest BCUT2D eigenvalue weighted by Gasteiger charge is -2.21. The molecule has 0 amide bonds. The monoisotopic (exact) mass is 272 g/mol. The van der Waals surface area contributed by atoms with Gasteiger partial charge in [0.15, 0.2) is 5.82 Å². The Morgan fingerprint density at radius 3 is 3.10 bits per heavy atom. The summed E-state index contributed by atoms with van der Waals surface area (Å²) in [7, 11) is 0. The summed E-state index contributed by atoms with van der Waals surface area (Å²) >= 11 is 0. The van der Waals surface area contributed by atoms with Gasteiger partial charge in [0.05, 0.1) is 24.3 Å². The van der Waals surface area contributed by atoms with Gasteiger partial charge in [-0.05, 0) is 19.4 Å². The number of nitrogens with zero attached hydrogens (tertiary/aromatic N) is 6. The molecule has 3 heterocycles. The van der Waals surface area contributed by atoms with Gasteiger partial charge in [0.1, 0.15) is 6.07 Å².